The van der Waals surface area contributed by atoms with Crippen molar-refractivity contribution >= 4 is 23.2 Å². The average Bonchev–Trinajstić information content (AvgIpc) is 2.33. The Morgan fingerprint density at radius 1 is 1.05 bits per heavy atom. The highest BCUT2D eigenvalue weighted by Gasteiger charge is 2.59. The van der Waals surface area contributed by atoms with Crippen LogP contribution in [0.5, 0.6) is 0 Å². The maximum absolute atomic E-state index is 6.35. The topological polar surface area (TPSA) is 12.0 Å². The van der Waals surface area contributed by atoms with Crippen molar-refractivity contribution in [2.75, 3.05) is 0 Å². The van der Waals surface area contributed by atoms with E-state index in [1.807, 2.05) is 12.1 Å². The van der Waals surface area contributed by atoms with E-state index in [4.69, 9.17) is 23.2 Å². The van der Waals surface area contributed by atoms with Crippen LogP contribution >= 0.6 is 23.2 Å². The van der Waals surface area contributed by atoms with Gasteiger partial charge in [-0.1, -0.05) is 43.1 Å². The molecule has 120 valence electrons. The highest BCUT2D eigenvalue weighted by molar-refractivity contribution is 6.35. The van der Waals surface area contributed by atoms with Crippen molar-refractivity contribution in [2.45, 2.75) is 64.5 Å². The molecule has 22 heavy (non-hydrogen) atoms. The van der Waals surface area contributed by atoms with Gasteiger partial charge >= 0.3 is 0 Å². The maximum Gasteiger partial charge on any atom is 0.0465 e. The first-order valence-corrected chi connectivity index (χ1v) is 9.24. The molecule has 0 amide bonds. The van der Waals surface area contributed by atoms with Crippen molar-refractivity contribution in [3.05, 3.63) is 33.8 Å². The Balaban J connectivity index is 1.55. The van der Waals surface area contributed by atoms with E-state index in [9.17, 15) is 0 Å². The number of hydrogen-bond acceptors (Lipinski definition) is 1. The summed E-state index contributed by atoms with van der Waals surface area (Å²) in [6.45, 7) is 5.89. The summed E-state index contributed by atoms with van der Waals surface area (Å²) in [6, 6.07) is 5.84. The van der Waals surface area contributed by atoms with Crippen LogP contribution in [0.1, 0.15) is 57.9 Å². The van der Waals surface area contributed by atoms with E-state index in [-0.39, 0.29) is 0 Å². The minimum absolute atomic E-state index is 0.325. The van der Waals surface area contributed by atoms with Crippen molar-refractivity contribution in [1.82, 2.24) is 5.32 Å². The van der Waals surface area contributed by atoms with E-state index in [2.05, 4.69) is 25.2 Å². The van der Waals surface area contributed by atoms with Gasteiger partial charge in [-0.05, 0) is 73.0 Å². The first-order chi connectivity index (χ1) is 10.3. The number of nitrogens with one attached hydrogen (secondary N) is 1. The van der Waals surface area contributed by atoms with Gasteiger partial charge in [-0.25, -0.2) is 0 Å². The zero-order valence-electron chi connectivity index (χ0n) is 13.5. The predicted molar refractivity (Wildman–Crippen MR) is 93.4 cm³/mol. The molecule has 4 aliphatic rings. The summed E-state index contributed by atoms with van der Waals surface area (Å²) >= 11 is 12.4. The van der Waals surface area contributed by atoms with Crippen LogP contribution in [0.2, 0.25) is 10.0 Å². The summed E-state index contributed by atoms with van der Waals surface area (Å²) in [7, 11) is 0. The molecular formula is C19H25Cl2N. The molecule has 5 rings (SSSR count). The summed E-state index contributed by atoms with van der Waals surface area (Å²) in [4.78, 5) is 0. The minimum Gasteiger partial charge on any atom is -0.307 e. The Labute approximate surface area is 143 Å². The zero-order chi connectivity index (χ0) is 15.6. The van der Waals surface area contributed by atoms with Crippen LogP contribution < -0.4 is 5.32 Å². The fraction of sp³-hybridized carbons (Fsp3) is 0.684. The molecule has 0 aromatic heterocycles. The molecule has 1 N–H and O–H groups in total. The Hall–Kier alpha value is -0.240. The highest BCUT2D eigenvalue weighted by atomic mass is 35.5. The van der Waals surface area contributed by atoms with E-state index >= 15 is 0 Å². The summed E-state index contributed by atoms with van der Waals surface area (Å²) in [5, 5.41) is 5.42. The Morgan fingerprint density at radius 2 is 1.73 bits per heavy atom. The van der Waals surface area contributed by atoms with E-state index in [0.717, 1.165) is 23.0 Å². The molecule has 0 heterocycles. The quantitative estimate of drug-likeness (QED) is 0.731. The largest absolute Gasteiger partial charge is 0.307 e. The molecule has 1 aromatic rings. The molecular weight excluding hydrogens is 313 g/mol. The second-order valence-electron chi connectivity index (χ2n) is 9.00. The number of benzene rings is 1. The lowest BCUT2D eigenvalue weighted by Gasteiger charge is -2.65. The SMILES string of the molecule is C[C@]12CC3CC(NCc4ccc(Cl)cc4Cl)(C1)C[C@@](C)(C3)C2. The molecule has 4 atom stereocenters. The minimum atomic E-state index is 0.325. The molecule has 0 spiro atoms. The molecule has 4 aliphatic carbocycles. The van der Waals surface area contributed by atoms with E-state index in [1.165, 1.54) is 38.5 Å². The standard InChI is InChI=1S/C19H25Cl2N/c1-17-6-13-7-18(2,10-17)12-19(8-13,11-17)22-9-14-3-4-15(20)5-16(14)21/h3-5,13,22H,6-12H2,1-2H3/t13?,17-,18+,19?. The Morgan fingerprint density at radius 3 is 2.32 bits per heavy atom. The predicted octanol–water partition coefficient (Wildman–Crippen LogP) is 5.83. The van der Waals surface area contributed by atoms with Crippen LogP contribution in [-0.2, 0) is 6.54 Å². The van der Waals surface area contributed by atoms with Gasteiger partial charge in [0.05, 0.1) is 0 Å². The molecule has 4 fully saturated rings. The molecule has 0 aliphatic heterocycles. The van der Waals surface area contributed by atoms with Crippen molar-refractivity contribution in [1.29, 1.82) is 0 Å². The van der Waals surface area contributed by atoms with Crippen molar-refractivity contribution in [2.24, 2.45) is 16.7 Å². The highest BCUT2D eigenvalue weighted by Crippen LogP contribution is 2.66. The van der Waals surface area contributed by atoms with Gasteiger partial charge in [0.15, 0.2) is 0 Å². The first kappa shape index (κ1) is 15.3. The van der Waals surface area contributed by atoms with Crippen molar-refractivity contribution in [3.8, 4) is 0 Å². The molecule has 2 unspecified atom stereocenters. The number of rotatable bonds is 3. The lowest BCUT2D eigenvalue weighted by atomic mass is 9.43. The Bertz CT molecular complexity index is 593. The Kier molecular flexibility index (Phi) is 3.39. The average molecular weight is 338 g/mol. The van der Waals surface area contributed by atoms with Gasteiger partial charge in [0, 0.05) is 22.1 Å². The lowest BCUT2D eigenvalue weighted by Crippen LogP contribution is -2.63. The van der Waals surface area contributed by atoms with E-state index < -0.39 is 0 Å². The summed E-state index contributed by atoms with van der Waals surface area (Å²) in [5.41, 5.74) is 2.58. The van der Waals surface area contributed by atoms with E-state index in [1.54, 1.807) is 0 Å². The van der Waals surface area contributed by atoms with Gasteiger partial charge in [0.2, 0.25) is 0 Å². The van der Waals surface area contributed by atoms with Gasteiger partial charge in [0.1, 0.15) is 0 Å². The van der Waals surface area contributed by atoms with Crippen LogP contribution in [0, 0.1) is 16.7 Å². The third-order valence-electron chi connectivity index (χ3n) is 6.30. The van der Waals surface area contributed by atoms with Crippen LogP contribution in [0.3, 0.4) is 0 Å². The van der Waals surface area contributed by atoms with Gasteiger partial charge < -0.3 is 5.32 Å². The van der Waals surface area contributed by atoms with Crippen molar-refractivity contribution in [3.63, 3.8) is 0 Å². The fourth-order valence-electron chi connectivity index (χ4n) is 6.59. The monoisotopic (exact) mass is 337 g/mol. The van der Waals surface area contributed by atoms with E-state index in [0.29, 0.717) is 21.4 Å². The second-order valence-corrected chi connectivity index (χ2v) is 9.84. The number of halogens is 2. The molecule has 1 aromatic carbocycles. The second kappa shape index (κ2) is 4.88. The molecule has 0 saturated heterocycles. The van der Waals surface area contributed by atoms with Gasteiger partial charge in [0.25, 0.3) is 0 Å². The summed E-state index contributed by atoms with van der Waals surface area (Å²) in [6.07, 6.45) is 8.31. The molecule has 3 heteroatoms. The molecule has 4 saturated carbocycles. The molecule has 0 radical (unpaired) electrons. The van der Waals surface area contributed by atoms with Crippen molar-refractivity contribution < 1.29 is 0 Å². The van der Waals surface area contributed by atoms with Gasteiger partial charge in [-0.2, -0.15) is 0 Å². The molecule has 1 nitrogen and oxygen atoms in total. The van der Waals surface area contributed by atoms with Gasteiger partial charge in [-0.3, -0.25) is 0 Å². The first-order valence-electron chi connectivity index (χ1n) is 8.48. The zero-order valence-corrected chi connectivity index (χ0v) is 15.0. The fourth-order valence-corrected chi connectivity index (χ4v) is 7.07. The lowest BCUT2D eigenvalue weighted by molar-refractivity contribution is -0.118. The van der Waals surface area contributed by atoms with Crippen LogP contribution in [-0.4, -0.2) is 5.54 Å². The normalized spacial score (nSPS) is 42.8. The van der Waals surface area contributed by atoms with Gasteiger partial charge in [-0.15, -0.1) is 0 Å². The smallest absolute Gasteiger partial charge is 0.0465 e. The maximum atomic E-state index is 6.35. The molecule has 4 bridgehead atoms. The third-order valence-corrected chi connectivity index (χ3v) is 6.88. The summed E-state index contributed by atoms with van der Waals surface area (Å²) in [5.74, 6) is 0.916. The van der Waals surface area contributed by atoms with Crippen LogP contribution in [0.15, 0.2) is 18.2 Å². The van der Waals surface area contributed by atoms with Crippen LogP contribution in [0.4, 0.5) is 0 Å². The third kappa shape index (κ3) is 2.60. The number of hydrogen-bond donors (Lipinski definition) is 1. The van der Waals surface area contributed by atoms with Crippen LogP contribution in [0.25, 0.3) is 0 Å². The summed E-state index contributed by atoms with van der Waals surface area (Å²) < 4.78 is 0.